The van der Waals surface area contributed by atoms with Crippen molar-refractivity contribution in [1.29, 1.82) is 0 Å². The van der Waals surface area contributed by atoms with Crippen LogP contribution in [0.5, 0.6) is 0 Å². The molecule has 0 bridgehead atoms. The molecule has 3 nitrogen and oxygen atoms in total. The molecule has 0 aliphatic heterocycles. The molecule has 8 aromatic rings. The number of benzene rings is 5. The molecule has 0 saturated heterocycles. The fourth-order valence-electron chi connectivity index (χ4n) is 6.32. The summed E-state index contributed by atoms with van der Waals surface area (Å²) in [5.74, 6) is 0. The summed E-state index contributed by atoms with van der Waals surface area (Å²) in [6.07, 6.45) is -7.09. The van der Waals surface area contributed by atoms with Crippen molar-refractivity contribution < 1.29 is 51.4 Å². The molecule has 7 heteroatoms. The van der Waals surface area contributed by atoms with Crippen molar-refractivity contribution >= 4 is 32.7 Å². The maximum Gasteiger partial charge on any atom is 0.394 e. The van der Waals surface area contributed by atoms with E-state index in [4.69, 9.17) is 18.1 Å². The SMILES string of the molecule is [2H]C([2H])([2H])c1c[c-]c(-c2ccc(C([2H])([2H])C(C)(C)C)cn2)cc1-c1ccccc1.[2H]C([2H])([2H])c1cnc(-c2[c-]ccc3c2oc2c4ccccc4ccc32)cc1C([2H])([2H])C(C)(C)C(F)(F)F.[Ir]. The Bertz CT molecular complexity index is 3070. The van der Waals surface area contributed by atoms with Crippen molar-refractivity contribution in [3.63, 3.8) is 0 Å². The topological polar surface area (TPSA) is 38.9 Å². The second-order valence-corrected chi connectivity index (χ2v) is 15.1. The summed E-state index contributed by atoms with van der Waals surface area (Å²) >= 11 is 0. The van der Waals surface area contributed by atoms with Gasteiger partial charge < -0.3 is 14.4 Å². The number of aryl methyl sites for hydroxylation is 2. The van der Waals surface area contributed by atoms with Crippen LogP contribution >= 0.6 is 0 Å². The number of hydrogen-bond donors (Lipinski definition) is 0. The molecule has 0 unspecified atom stereocenters. The van der Waals surface area contributed by atoms with E-state index in [0.717, 1.165) is 39.4 Å². The molecule has 5 aromatic carbocycles. The molecule has 57 heavy (non-hydrogen) atoms. The molecule has 1 radical (unpaired) electrons. The van der Waals surface area contributed by atoms with Gasteiger partial charge in [0.2, 0.25) is 0 Å². The summed E-state index contributed by atoms with van der Waals surface area (Å²) < 4.78 is 129. The summed E-state index contributed by atoms with van der Waals surface area (Å²) in [7, 11) is 0. The molecule has 0 amide bonds. The third-order valence-electron chi connectivity index (χ3n) is 9.23. The third-order valence-corrected chi connectivity index (χ3v) is 9.23. The zero-order chi connectivity index (χ0) is 48.4. The normalized spacial score (nSPS) is 15.6. The van der Waals surface area contributed by atoms with Crippen LogP contribution in [0.4, 0.5) is 13.2 Å². The van der Waals surface area contributed by atoms with Gasteiger partial charge in [-0.25, -0.2) is 0 Å². The van der Waals surface area contributed by atoms with Gasteiger partial charge in [0.25, 0.3) is 0 Å². The Labute approximate surface area is 360 Å². The van der Waals surface area contributed by atoms with E-state index in [1.165, 1.54) is 6.07 Å². The Morgan fingerprint density at radius 2 is 1.42 bits per heavy atom. The maximum atomic E-state index is 13.9. The minimum absolute atomic E-state index is 0. The van der Waals surface area contributed by atoms with Crippen LogP contribution in [0, 0.1) is 36.7 Å². The Morgan fingerprint density at radius 1 is 0.702 bits per heavy atom. The number of furan rings is 1. The van der Waals surface area contributed by atoms with E-state index in [1.54, 1.807) is 36.5 Å². The smallest absolute Gasteiger partial charge is 0.394 e. The first kappa shape index (κ1) is 30.0. The zero-order valence-corrected chi connectivity index (χ0v) is 34.2. The van der Waals surface area contributed by atoms with E-state index >= 15 is 0 Å². The molecule has 0 aliphatic rings. The van der Waals surface area contributed by atoms with Gasteiger partial charge >= 0.3 is 6.18 Å². The van der Waals surface area contributed by atoms with Crippen molar-refractivity contribution in [1.82, 2.24) is 9.97 Å². The monoisotopic (exact) mass is 949 g/mol. The van der Waals surface area contributed by atoms with Gasteiger partial charge in [0, 0.05) is 57.0 Å². The van der Waals surface area contributed by atoms with Gasteiger partial charge in [-0.3, -0.25) is 0 Å². The molecule has 8 rings (SSSR count). The van der Waals surface area contributed by atoms with Gasteiger partial charge in [-0.2, -0.15) is 13.2 Å². The summed E-state index contributed by atoms with van der Waals surface area (Å²) in [5.41, 5.74) is 0.146. The van der Waals surface area contributed by atoms with E-state index in [0.29, 0.717) is 47.4 Å². The number of hydrogen-bond acceptors (Lipinski definition) is 3. The molecule has 293 valence electrons. The van der Waals surface area contributed by atoms with E-state index in [1.807, 2.05) is 87.5 Å². The molecular formula is C50H45F3IrN2O-2. The van der Waals surface area contributed by atoms with Crippen molar-refractivity contribution in [3.05, 3.63) is 156 Å². The van der Waals surface area contributed by atoms with Crippen LogP contribution in [0.3, 0.4) is 0 Å². The Balaban J connectivity index is 0.000000224. The fraction of sp³-hybridized carbons (Fsp3) is 0.240. The Hall–Kier alpha value is -5.10. The minimum atomic E-state index is -4.95. The van der Waals surface area contributed by atoms with E-state index < -0.39 is 54.6 Å². The number of halogens is 3. The van der Waals surface area contributed by atoms with Crippen LogP contribution in [0.1, 0.15) is 70.6 Å². The van der Waals surface area contributed by atoms with Gasteiger partial charge in [-0.15, -0.1) is 47.5 Å². The minimum Gasteiger partial charge on any atom is -0.500 e. The van der Waals surface area contributed by atoms with Gasteiger partial charge in [-0.05, 0) is 64.0 Å². The summed E-state index contributed by atoms with van der Waals surface area (Å²) in [6, 6.07) is 38.2. The number of aromatic nitrogens is 2. The first-order valence-electron chi connectivity index (χ1n) is 23.0. The molecule has 0 spiro atoms. The van der Waals surface area contributed by atoms with Crippen molar-refractivity contribution in [2.24, 2.45) is 10.8 Å². The predicted octanol–water partition coefficient (Wildman–Crippen LogP) is 14.2. The molecule has 3 heterocycles. The van der Waals surface area contributed by atoms with E-state index in [2.05, 4.69) is 22.1 Å². The fourth-order valence-corrected chi connectivity index (χ4v) is 6.32. The standard InChI is InChI=1S/C27H21F3NO.C23H24N.Ir/c1-16-15-31-23(13-18(16)14-26(2,3)27(28,29)30)22-10-6-9-20-21-12-11-17-7-4-5-8-19(17)24(21)32-25(20)22;1-17-10-12-20(14-21(17)19-8-6-5-7-9-19)22-13-11-18(16-24-22)15-23(2,3)4;/h4-9,11-13,15H,14H2,1-3H3;5-11,13-14,16H,15H2,1-4H3;/q2*-1;/i1D3,14D2;1D3,15D2;. The zero-order valence-electron chi connectivity index (χ0n) is 41.8. The van der Waals surface area contributed by atoms with Crippen LogP contribution in [-0.4, -0.2) is 16.1 Å². The second kappa shape index (κ2) is 16.4. The number of alkyl halides is 3. The van der Waals surface area contributed by atoms with Gasteiger partial charge in [0.1, 0.15) is 5.58 Å². The number of rotatable bonds is 6. The first-order valence-corrected chi connectivity index (χ1v) is 18.0. The molecule has 0 N–H and O–H groups in total. The van der Waals surface area contributed by atoms with Crippen molar-refractivity contribution in [3.8, 4) is 33.6 Å². The van der Waals surface area contributed by atoms with Crippen LogP contribution in [-0.2, 0) is 32.9 Å². The molecule has 0 saturated carbocycles. The number of pyridine rings is 2. The predicted molar refractivity (Wildman–Crippen MR) is 223 cm³/mol. The summed E-state index contributed by atoms with van der Waals surface area (Å²) in [6.45, 7) is 1.86. The molecule has 0 fully saturated rings. The first-order chi connectivity index (χ1) is 30.6. The molecule has 0 atom stereocenters. The van der Waals surface area contributed by atoms with E-state index in [9.17, 15) is 13.2 Å². The average Bonchev–Trinajstić information content (AvgIpc) is 3.65. The largest absolute Gasteiger partial charge is 0.500 e. The Kier molecular flexibility index (Phi) is 8.65. The number of nitrogens with zero attached hydrogens (tertiary/aromatic N) is 2. The van der Waals surface area contributed by atoms with Crippen molar-refractivity contribution in [2.75, 3.05) is 0 Å². The maximum absolute atomic E-state index is 13.9. The van der Waals surface area contributed by atoms with Crippen LogP contribution < -0.4 is 0 Å². The summed E-state index contributed by atoms with van der Waals surface area (Å²) in [5, 5.41) is 3.37. The molecule has 0 aliphatic carbocycles. The number of fused-ring (bicyclic) bond motifs is 5. The molecule has 3 aromatic heterocycles. The average molecular weight is 949 g/mol. The van der Waals surface area contributed by atoms with Gasteiger partial charge in [0.05, 0.1) is 11.0 Å². The third kappa shape index (κ3) is 9.06. The van der Waals surface area contributed by atoms with Crippen LogP contribution in [0.2, 0.25) is 0 Å². The summed E-state index contributed by atoms with van der Waals surface area (Å²) in [4.78, 5) is 8.66. The van der Waals surface area contributed by atoms with Gasteiger partial charge in [-0.1, -0.05) is 143 Å². The van der Waals surface area contributed by atoms with Crippen molar-refractivity contribution in [2.45, 2.75) is 67.2 Å². The van der Waals surface area contributed by atoms with Crippen LogP contribution in [0.25, 0.3) is 66.4 Å². The second-order valence-electron chi connectivity index (χ2n) is 15.1. The van der Waals surface area contributed by atoms with Crippen LogP contribution in [0.15, 0.2) is 126 Å². The molecular weight excluding hydrogens is 894 g/mol. The van der Waals surface area contributed by atoms with E-state index in [-0.39, 0.29) is 36.9 Å². The van der Waals surface area contributed by atoms with Gasteiger partial charge in [0.15, 0.2) is 0 Å². The quantitative estimate of drug-likeness (QED) is 0.156. The Morgan fingerprint density at radius 3 is 2.12 bits per heavy atom.